The predicted octanol–water partition coefficient (Wildman–Crippen LogP) is 4.47. The minimum atomic E-state index is -0.797. The quantitative estimate of drug-likeness (QED) is 0.228. The van der Waals surface area contributed by atoms with Gasteiger partial charge in [0, 0.05) is 0 Å². The summed E-state index contributed by atoms with van der Waals surface area (Å²) < 4.78 is 2.62. The van der Waals surface area contributed by atoms with Crippen molar-refractivity contribution in [2.45, 2.75) is 103 Å². The molecule has 1 aromatic carbocycles. The van der Waals surface area contributed by atoms with Gasteiger partial charge in [-0.05, 0) is 0 Å². The second kappa shape index (κ2) is 15.7. The molecule has 0 fully saturated rings. The summed E-state index contributed by atoms with van der Waals surface area (Å²) in [5.74, 6) is 0. The molecule has 0 radical (unpaired) electrons. The molecule has 0 spiro atoms. The van der Waals surface area contributed by atoms with Crippen LogP contribution >= 0.6 is 7.92 Å². The number of hydrogen-bond donors (Lipinski definition) is 0. The van der Waals surface area contributed by atoms with Crippen molar-refractivity contribution in [1.82, 2.24) is 0 Å². The molecule has 0 saturated heterocycles. The molecular formula is C31H47Cl2PZr. The largest absolute Gasteiger partial charge is 1.00 e. The second-order valence-corrected chi connectivity index (χ2v) is 16.6. The van der Waals surface area contributed by atoms with E-state index in [2.05, 4.69) is 78.8 Å². The van der Waals surface area contributed by atoms with Crippen molar-refractivity contribution in [2.24, 2.45) is 5.41 Å². The maximum absolute atomic E-state index is 2.68. The summed E-state index contributed by atoms with van der Waals surface area (Å²) in [4.78, 5) is 0. The number of fused-ring (bicyclic) bond motifs is 1. The van der Waals surface area contributed by atoms with Crippen LogP contribution in [0.15, 0.2) is 49.6 Å². The first kappa shape index (κ1) is 33.4. The Balaban J connectivity index is 0.00000306. The van der Waals surface area contributed by atoms with Crippen LogP contribution in [0.3, 0.4) is 0 Å². The summed E-state index contributed by atoms with van der Waals surface area (Å²) in [6, 6.07) is 9.41. The van der Waals surface area contributed by atoms with Crippen LogP contribution in [0.4, 0.5) is 0 Å². The standard InChI is InChI=1S/C21H32P.C10H15.2ClH.Zr/c1-3-5-7-11-15-22(16-12-8-6-4-2)21-17-19-13-9-10-14-20(19)18-21;1-7-6-10(4,5)9(3)8(7)2;;;/h9-10,13-14,17-18H,3-8,11-12,15-16H2,1-2H3;1-5H3;2*1H;/q;;;;+2/p-2. The first-order valence-electron chi connectivity index (χ1n) is 13.5. The maximum Gasteiger partial charge on any atom is -1.00 e. The third-order valence-corrected chi connectivity index (χ3v) is 17.0. The van der Waals surface area contributed by atoms with Crippen LogP contribution in [-0.4, -0.2) is 12.3 Å². The molecule has 1 atom stereocenters. The van der Waals surface area contributed by atoms with Gasteiger partial charge in [-0.2, -0.15) is 0 Å². The zero-order valence-corrected chi connectivity index (χ0v) is 28.1. The Bertz CT molecular complexity index is 900. The van der Waals surface area contributed by atoms with E-state index in [1.54, 1.807) is 27.8 Å². The fraction of sp³-hybridized carbons (Fsp3) is 0.613. The van der Waals surface area contributed by atoms with Crippen LogP contribution in [0, 0.1) is 5.41 Å². The molecule has 0 aromatic heterocycles. The van der Waals surface area contributed by atoms with Gasteiger partial charge in [0.15, 0.2) is 0 Å². The summed E-state index contributed by atoms with van der Waals surface area (Å²) in [6.07, 6.45) is 16.8. The fourth-order valence-corrected chi connectivity index (χ4v) is 14.7. The molecular weight excluding hydrogens is 565 g/mol. The second-order valence-electron chi connectivity index (χ2n) is 10.8. The molecule has 35 heavy (non-hydrogen) atoms. The van der Waals surface area contributed by atoms with Crippen LogP contribution in [-0.2, 0) is 23.2 Å². The zero-order valence-electron chi connectivity index (χ0n) is 23.2. The predicted molar refractivity (Wildman–Crippen MR) is 147 cm³/mol. The Labute approximate surface area is 242 Å². The van der Waals surface area contributed by atoms with Gasteiger partial charge in [-0.3, -0.25) is 0 Å². The minimum absolute atomic E-state index is 0. The molecule has 0 amide bonds. The Morgan fingerprint density at radius 3 is 1.89 bits per heavy atom. The molecule has 0 N–H and O–H groups in total. The Hall–Kier alpha value is 0.333. The Kier molecular flexibility index (Phi) is 14.9. The molecule has 2 aliphatic rings. The normalized spacial score (nSPS) is 18.3. The Morgan fingerprint density at radius 1 is 0.800 bits per heavy atom. The van der Waals surface area contributed by atoms with Crippen LogP contribution in [0.5, 0.6) is 0 Å². The number of benzene rings is 1. The van der Waals surface area contributed by atoms with Gasteiger partial charge in [-0.25, -0.2) is 0 Å². The number of allylic oxidation sites excluding steroid dienone is 5. The van der Waals surface area contributed by atoms with Gasteiger partial charge in [-0.15, -0.1) is 0 Å². The number of hydrogen-bond acceptors (Lipinski definition) is 0. The molecule has 0 aliphatic heterocycles. The van der Waals surface area contributed by atoms with Crippen molar-refractivity contribution < 1.29 is 48.0 Å². The van der Waals surface area contributed by atoms with Gasteiger partial charge in [0.2, 0.25) is 0 Å². The summed E-state index contributed by atoms with van der Waals surface area (Å²) in [5.41, 5.74) is 8.33. The average molecular weight is 613 g/mol. The van der Waals surface area contributed by atoms with Gasteiger partial charge >= 0.3 is 219 Å². The molecule has 3 rings (SSSR count). The Morgan fingerprint density at radius 2 is 1.37 bits per heavy atom. The number of halogens is 2. The van der Waals surface area contributed by atoms with E-state index in [0.29, 0.717) is 0 Å². The number of unbranched alkanes of at least 4 members (excludes halogenated alkanes) is 6. The topological polar surface area (TPSA) is 0 Å². The molecule has 1 unspecified atom stereocenters. The fourth-order valence-electron chi connectivity index (χ4n) is 5.59. The van der Waals surface area contributed by atoms with Gasteiger partial charge in [-0.1, -0.05) is 0 Å². The van der Waals surface area contributed by atoms with Crippen molar-refractivity contribution in [2.75, 3.05) is 12.3 Å². The average Bonchev–Trinajstić information content (AvgIpc) is 3.23. The summed E-state index contributed by atoms with van der Waals surface area (Å²) in [7, 11) is -0.000717. The van der Waals surface area contributed by atoms with E-state index in [4.69, 9.17) is 0 Å². The van der Waals surface area contributed by atoms with E-state index < -0.39 is 23.2 Å². The molecule has 0 bridgehead atoms. The van der Waals surface area contributed by atoms with Crippen LogP contribution < -0.4 is 24.8 Å². The van der Waals surface area contributed by atoms with E-state index in [9.17, 15) is 0 Å². The van der Waals surface area contributed by atoms with Crippen molar-refractivity contribution >= 4 is 14.0 Å². The van der Waals surface area contributed by atoms with E-state index in [0.717, 1.165) is 3.63 Å². The first-order chi connectivity index (χ1) is 15.8. The van der Waals surface area contributed by atoms with Crippen molar-refractivity contribution in [3.63, 3.8) is 0 Å². The third kappa shape index (κ3) is 7.92. The van der Waals surface area contributed by atoms with E-state index in [1.165, 1.54) is 63.7 Å². The molecule has 0 saturated carbocycles. The molecule has 1 aromatic rings. The summed E-state index contributed by atoms with van der Waals surface area (Å²) in [5, 5.41) is 1.89. The molecule has 0 nitrogen and oxygen atoms in total. The van der Waals surface area contributed by atoms with Gasteiger partial charge in [0.25, 0.3) is 0 Å². The number of rotatable bonds is 13. The monoisotopic (exact) mass is 610 g/mol. The van der Waals surface area contributed by atoms with Crippen LogP contribution in [0.25, 0.3) is 6.08 Å². The van der Waals surface area contributed by atoms with E-state index in [-0.39, 0.29) is 38.2 Å². The third-order valence-electron chi connectivity index (χ3n) is 8.19. The van der Waals surface area contributed by atoms with Crippen molar-refractivity contribution in [3.05, 3.63) is 60.7 Å². The van der Waals surface area contributed by atoms with Gasteiger partial charge < -0.3 is 24.8 Å². The molecule has 2 aliphatic carbocycles. The van der Waals surface area contributed by atoms with Crippen molar-refractivity contribution in [3.8, 4) is 0 Å². The van der Waals surface area contributed by atoms with E-state index in [1.807, 2.05) is 8.60 Å². The molecule has 4 heteroatoms. The SMILES string of the molecule is CCCCCCP(CCCCCC)C1=Cc2ccccc2[CH]1[Zr+2][C]1=C(C)C(C)=C(C)C1(C)C.[Cl-].[Cl-]. The van der Waals surface area contributed by atoms with Crippen LogP contribution in [0.2, 0.25) is 0 Å². The zero-order chi connectivity index (χ0) is 24.0. The smallest absolute Gasteiger partial charge is 1.00 e. The first-order valence-corrected chi connectivity index (χ1v) is 17.9. The van der Waals surface area contributed by atoms with Gasteiger partial charge in [0.05, 0.1) is 0 Å². The maximum atomic E-state index is 2.68. The van der Waals surface area contributed by atoms with Crippen molar-refractivity contribution in [1.29, 1.82) is 0 Å². The molecule has 194 valence electrons. The molecule has 0 heterocycles. The van der Waals surface area contributed by atoms with Gasteiger partial charge in [0.1, 0.15) is 0 Å². The summed E-state index contributed by atoms with van der Waals surface area (Å²) in [6.45, 7) is 16.9. The summed E-state index contributed by atoms with van der Waals surface area (Å²) >= 11 is -0.797. The van der Waals surface area contributed by atoms with Crippen LogP contribution in [0.1, 0.15) is 115 Å². The minimum Gasteiger partial charge on any atom is -1.00 e. The van der Waals surface area contributed by atoms with E-state index >= 15 is 0 Å².